The molecule has 0 bridgehead atoms. The van der Waals surface area contributed by atoms with Gasteiger partial charge < -0.3 is 14.4 Å². The number of ether oxygens (including phenoxy) is 2. The highest BCUT2D eigenvalue weighted by atomic mass is 35.5. The van der Waals surface area contributed by atoms with Crippen LogP contribution < -0.4 is 0 Å². The summed E-state index contributed by atoms with van der Waals surface area (Å²) in [5.41, 5.74) is 2.13. The Balaban J connectivity index is 1.65. The number of halogens is 2. The SMILES string of the molecule is CN1CC[C@@H](Cc2c(Cl)cc(Cl)c3c2ccn3C(=O)OC(C)(C)C)[C@H](c2ccc(C(=O)OC(C)(C)C)cc2)C1. The molecule has 0 amide bonds. The Morgan fingerprint density at radius 3 is 2.21 bits per heavy atom. The lowest BCUT2D eigenvalue weighted by Gasteiger charge is -2.37. The van der Waals surface area contributed by atoms with E-state index in [0.717, 1.165) is 36.9 Å². The first-order chi connectivity index (χ1) is 18.1. The largest absolute Gasteiger partial charge is 0.456 e. The minimum atomic E-state index is -0.629. The fourth-order valence-corrected chi connectivity index (χ4v) is 5.88. The molecule has 1 fully saturated rings. The number of likely N-dealkylation sites (N-methyl/N-ethyl adjacent to an activating group) is 1. The fraction of sp³-hybridized carbons (Fsp3) is 0.484. The van der Waals surface area contributed by atoms with Crippen LogP contribution >= 0.6 is 23.2 Å². The summed E-state index contributed by atoms with van der Waals surface area (Å²) >= 11 is 13.4. The molecule has 4 rings (SSSR count). The van der Waals surface area contributed by atoms with E-state index in [1.54, 1.807) is 12.3 Å². The van der Waals surface area contributed by atoms with E-state index in [0.29, 0.717) is 27.0 Å². The third-order valence-corrected chi connectivity index (χ3v) is 7.59. The van der Waals surface area contributed by atoms with Crippen molar-refractivity contribution in [1.82, 2.24) is 9.47 Å². The first-order valence-corrected chi connectivity index (χ1v) is 14.1. The predicted octanol–water partition coefficient (Wildman–Crippen LogP) is 7.96. The van der Waals surface area contributed by atoms with Crippen LogP contribution in [0.2, 0.25) is 10.0 Å². The highest BCUT2D eigenvalue weighted by molar-refractivity contribution is 6.39. The zero-order valence-corrected chi connectivity index (χ0v) is 25.3. The number of esters is 1. The van der Waals surface area contributed by atoms with Gasteiger partial charge in [0.2, 0.25) is 0 Å². The molecular formula is C31H38Cl2N2O4. The smallest absolute Gasteiger partial charge is 0.419 e. The summed E-state index contributed by atoms with van der Waals surface area (Å²) in [6.07, 6.45) is 2.95. The van der Waals surface area contributed by atoms with E-state index < -0.39 is 17.3 Å². The van der Waals surface area contributed by atoms with Crippen molar-refractivity contribution in [2.24, 2.45) is 5.92 Å². The van der Waals surface area contributed by atoms with Crippen molar-refractivity contribution >= 4 is 46.2 Å². The first-order valence-electron chi connectivity index (χ1n) is 13.4. The average molecular weight is 574 g/mol. The Hall–Kier alpha value is -2.54. The Kier molecular flexibility index (Phi) is 8.42. The molecular weight excluding hydrogens is 535 g/mol. The lowest BCUT2D eigenvalue weighted by molar-refractivity contribution is 0.00692. The number of nitrogens with zero attached hydrogens (tertiary/aromatic N) is 2. The Morgan fingerprint density at radius 2 is 1.59 bits per heavy atom. The molecule has 2 aromatic carbocycles. The second kappa shape index (κ2) is 11.1. The summed E-state index contributed by atoms with van der Waals surface area (Å²) in [6.45, 7) is 13.0. The molecule has 2 atom stereocenters. The van der Waals surface area contributed by atoms with Gasteiger partial charge in [0.05, 0.1) is 16.1 Å². The van der Waals surface area contributed by atoms with E-state index in [4.69, 9.17) is 32.7 Å². The summed E-state index contributed by atoms with van der Waals surface area (Å²) in [6, 6.07) is 11.4. The third-order valence-electron chi connectivity index (χ3n) is 6.97. The van der Waals surface area contributed by atoms with Gasteiger partial charge in [-0.05, 0) is 115 Å². The molecule has 8 heteroatoms. The molecule has 1 aliphatic rings. The number of likely N-dealkylation sites (tertiary alicyclic amines) is 1. The number of carbonyl (C=O) groups is 2. The van der Waals surface area contributed by atoms with Crippen molar-refractivity contribution in [3.8, 4) is 0 Å². The predicted molar refractivity (Wildman–Crippen MR) is 157 cm³/mol. The Morgan fingerprint density at radius 1 is 0.949 bits per heavy atom. The number of piperidine rings is 1. The van der Waals surface area contributed by atoms with Gasteiger partial charge in [-0.2, -0.15) is 0 Å². The molecule has 2 heterocycles. The van der Waals surface area contributed by atoms with Gasteiger partial charge in [-0.1, -0.05) is 35.3 Å². The topological polar surface area (TPSA) is 60.8 Å². The molecule has 0 radical (unpaired) electrons. The van der Waals surface area contributed by atoms with Crippen LogP contribution in [0.15, 0.2) is 42.6 Å². The zero-order valence-electron chi connectivity index (χ0n) is 23.8. The van der Waals surface area contributed by atoms with Gasteiger partial charge in [-0.3, -0.25) is 4.57 Å². The number of hydrogen-bond donors (Lipinski definition) is 0. The first kappa shape index (κ1) is 29.4. The summed E-state index contributed by atoms with van der Waals surface area (Å²) in [5, 5.41) is 1.86. The Labute approximate surface area is 241 Å². The van der Waals surface area contributed by atoms with Crippen LogP contribution in [0.5, 0.6) is 0 Å². The molecule has 0 aliphatic carbocycles. The van der Waals surface area contributed by atoms with E-state index in [9.17, 15) is 9.59 Å². The molecule has 1 saturated heterocycles. The summed E-state index contributed by atoms with van der Waals surface area (Å²) < 4.78 is 12.6. The second-order valence-corrected chi connectivity index (χ2v) is 13.3. The van der Waals surface area contributed by atoms with E-state index in [2.05, 4.69) is 11.9 Å². The number of carbonyl (C=O) groups excluding carboxylic acids is 2. The van der Waals surface area contributed by atoms with Crippen molar-refractivity contribution in [1.29, 1.82) is 0 Å². The lowest BCUT2D eigenvalue weighted by atomic mass is 9.77. The number of hydrogen-bond acceptors (Lipinski definition) is 5. The van der Waals surface area contributed by atoms with Gasteiger partial charge in [-0.15, -0.1) is 0 Å². The maximum Gasteiger partial charge on any atom is 0.419 e. The van der Waals surface area contributed by atoms with E-state index in [-0.39, 0.29) is 11.9 Å². The van der Waals surface area contributed by atoms with Crippen LogP contribution in [0, 0.1) is 5.92 Å². The maximum absolute atomic E-state index is 12.9. The number of rotatable bonds is 4. The van der Waals surface area contributed by atoms with Gasteiger partial charge in [0.1, 0.15) is 11.2 Å². The van der Waals surface area contributed by atoms with Gasteiger partial charge in [0, 0.05) is 23.2 Å². The minimum absolute atomic E-state index is 0.242. The molecule has 3 aromatic rings. The molecule has 0 spiro atoms. The highest BCUT2D eigenvalue weighted by Gasteiger charge is 2.31. The van der Waals surface area contributed by atoms with Gasteiger partial charge in [-0.25, -0.2) is 9.59 Å². The fourth-order valence-electron chi connectivity index (χ4n) is 5.24. The molecule has 39 heavy (non-hydrogen) atoms. The molecule has 210 valence electrons. The molecule has 6 nitrogen and oxygen atoms in total. The summed E-state index contributed by atoms with van der Waals surface area (Å²) in [5.74, 6) is 0.225. The second-order valence-electron chi connectivity index (χ2n) is 12.5. The molecule has 1 aliphatic heterocycles. The number of fused-ring (bicyclic) bond motifs is 1. The van der Waals surface area contributed by atoms with E-state index in [1.165, 1.54) is 10.1 Å². The number of benzene rings is 2. The van der Waals surface area contributed by atoms with Crippen molar-refractivity contribution < 1.29 is 19.1 Å². The molecule has 1 aromatic heterocycles. The van der Waals surface area contributed by atoms with Crippen molar-refractivity contribution in [3.63, 3.8) is 0 Å². The van der Waals surface area contributed by atoms with Crippen LogP contribution in [0.1, 0.15) is 75.4 Å². The van der Waals surface area contributed by atoms with E-state index >= 15 is 0 Å². The summed E-state index contributed by atoms with van der Waals surface area (Å²) in [7, 11) is 2.13. The Bertz CT molecular complexity index is 1370. The molecule has 0 unspecified atom stereocenters. The molecule has 0 N–H and O–H groups in total. The molecule has 0 saturated carbocycles. The monoisotopic (exact) mass is 572 g/mol. The van der Waals surface area contributed by atoms with Crippen molar-refractivity contribution in [2.75, 3.05) is 20.1 Å². The zero-order chi connectivity index (χ0) is 28.7. The number of aromatic nitrogens is 1. The minimum Gasteiger partial charge on any atom is -0.456 e. The van der Waals surface area contributed by atoms with Crippen LogP contribution in [0.25, 0.3) is 10.9 Å². The van der Waals surface area contributed by atoms with Gasteiger partial charge >= 0.3 is 12.1 Å². The standard InChI is InChI=1S/C31H38Cl2N2O4/c1-30(2,3)38-28(36)20-10-8-19(9-11-20)24-18-34(7)14-12-21(24)16-23-22-13-15-35(29(37)39-31(4,5)6)27(22)26(33)17-25(23)32/h8-11,13,15,17,21,24H,12,14,16,18H2,1-7H3/t21-,24-/m0/s1. The quantitative estimate of drug-likeness (QED) is 0.297. The summed E-state index contributed by atoms with van der Waals surface area (Å²) in [4.78, 5) is 27.8. The van der Waals surface area contributed by atoms with Crippen LogP contribution in [-0.4, -0.2) is 52.9 Å². The maximum atomic E-state index is 12.9. The lowest BCUT2D eigenvalue weighted by Crippen LogP contribution is -2.37. The van der Waals surface area contributed by atoms with Crippen molar-refractivity contribution in [2.45, 2.75) is 71.5 Å². The van der Waals surface area contributed by atoms with Crippen LogP contribution in [-0.2, 0) is 15.9 Å². The van der Waals surface area contributed by atoms with Crippen LogP contribution in [0.3, 0.4) is 0 Å². The van der Waals surface area contributed by atoms with Gasteiger partial charge in [0.25, 0.3) is 0 Å². The van der Waals surface area contributed by atoms with Crippen LogP contribution in [0.4, 0.5) is 4.79 Å². The third kappa shape index (κ3) is 6.97. The van der Waals surface area contributed by atoms with E-state index in [1.807, 2.05) is 71.9 Å². The van der Waals surface area contributed by atoms with Crippen molar-refractivity contribution in [3.05, 3.63) is 69.3 Å². The average Bonchev–Trinajstić information content (AvgIpc) is 3.26. The normalized spacial score (nSPS) is 18.8. The van der Waals surface area contributed by atoms with Gasteiger partial charge in [0.15, 0.2) is 0 Å². The highest BCUT2D eigenvalue weighted by Crippen LogP contribution is 2.40.